The lowest BCUT2D eigenvalue weighted by molar-refractivity contribution is 0.135. The van der Waals surface area contributed by atoms with E-state index in [1.54, 1.807) is 41.9 Å². The number of hydrogen-bond donors (Lipinski definition) is 0. The van der Waals surface area contributed by atoms with Crippen molar-refractivity contribution in [3.8, 4) is 11.6 Å². The second kappa shape index (κ2) is 11.5. The number of anilines is 1. The van der Waals surface area contributed by atoms with E-state index in [1.165, 1.54) is 0 Å². The quantitative estimate of drug-likeness (QED) is 0.420. The first kappa shape index (κ1) is 25.4. The van der Waals surface area contributed by atoms with Crippen LogP contribution in [-0.4, -0.2) is 68.2 Å². The van der Waals surface area contributed by atoms with E-state index >= 15 is 0 Å². The van der Waals surface area contributed by atoms with Crippen molar-refractivity contribution in [2.24, 2.45) is 0 Å². The number of rotatable bonds is 9. The molecule has 9 nitrogen and oxygen atoms in total. The van der Waals surface area contributed by atoms with Gasteiger partial charge in [0.1, 0.15) is 11.9 Å². The van der Waals surface area contributed by atoms with Gasteiger partial charge in [-0.1, -0.05) is 24.3 Å². The van der Waals surface area contributed by atoms with Gasteiger partial charge in [-0.2, -0.15) is 9.29 Å². The molecule has 4 heterocycles. The number of pyridine rings is 2. The van der Waals surface area contributed by atoms with Crippen LogP contribution in [0.5, 0.6) is 11.6 Å². The van der Waals surface area contributed by atoms with Gasteiger partial charge in [0.2, 0.25) is 10.0 Å². The second-order valence-corrected chi connectivity index (χ2v) is 11.2. The molecule has 2 saturated heterocycles. The van der Waals surface area contributed by atoms with E-state index in [0.29, 0.717) is 55.2 Å². The van der Waals surface area contributed by atoms with Crippen LogP contribution in [0.1, 0.15) is 24.8 Å². The molecule has 2 atom stereocenters. The molecular weight excluding hydrogens is 492 g/mol. The molecule has 2 fully saturated rings. The van der Waals surface area contributed by atoms with Crippen molar-refractivity contribution in [3.63, 3.8) is 0 Å². The third kappa shape index (κ3) is 5.87. The summed E-state index contributed by atoms with van der Waals surface area (Å²) in [6.07, 6.45) is 5.86. The molecule has 0 radical (unpaired) electrons. The van der Waals surface area contributed by atoms with Gasteiger partial charge in [0.15, 0.2) is 5.75 Å². The average Bonchev–Trinajstić information content (AvgIpc) is 3.46. The van der Waals surface area contributed by atoms with Crippen molar-refractivity contribution < 1.29 is 22.6 Å². The molecule has 2 aliphatic rings. The summed E-state index contributed by atoms with van der Waals surface area (Å²) in [6, 6.07) is 16.2. The lowest BCUT2D eigenvalue weighted by Crippen LogP contribution is -2.50. The third-order valence-electron chi connectivity index (χ3n) is 6.75. The highest BCUT2D eigenvalue weighted by molar-refractivity contribution is 7.89. The summed E-state index contributed by atoms with van der Waals surface area (Å²) < 4.78 is 45.6. The van der Waals surface area contributed by atoms with Crippen LogP contribution in [0.3, 0.4) is 0 Å². The number of sulfonamides is 1. The Morgan fingerprint density at radius 1 is 1.11 bits per heavy atom. The highest BCUT2D eigenvalue weighted by Crippen LogP contribution is 2.33. The minimum absolute atomic E-state index is 0.0791. The van der Waals surface area contributed by atoms with Crippen molar-refractivity contribution in [1.29, 1.82) is 0 Å². The summed E-state index contributed by atoms with van der Waals surface area (Å²) in [4.78, 5) is 11.6. The number of nitrogens with zero attached hydrogens (tertiary/aromatic N) is 4. The van der Waals surface area contributed by atoms with Crippen LogP contribution in [0.25, 0.3) is 0 Å². The SMILES string of the molecule is COc1ccc(N(Cc2cccnc2)C2CCCN(S(=O)(=O)c3ccccc3)C2)nc1OC1CCOC1. The number of piperidine rings is 1. The first-order chi connectivity index (χ1) is 18.0. The molecule has 37 heavy (non-hydrogen) atoms. The Morgan fingerprint density at radius 2 is 1.97 bits per heavy atom. The summed E-state index contributed by atoms with van der Waals surface area (Å²) in [5.74, 6) is 1.66. The Kier molecular flexibility index (Phi) is 7.87. The predicted octanol–water partition coefficient (Wildman–Crippen LogP) is 3.51. The van der Waals surface area contributed by atoms with Gasteiger partial charge in [-0.3, -0.25) is 4.98 Å². The largest absolute Gasteiger partial charge is 0.491 e. The normalized spacial score (nSPS) is 20.5. The molecule has 3 aromatic rings. The van der Waals surface area contributed by atoms with Crippen molar-refractivity contribution in [2.45, 2.75) is 42.8 Å². The Hall–Kier alpha value is -3.21. The van der Waals surface area contributed by atoms with Gasteiger partial charge < -0.3 is 19.1 Å². The van der Waals surface area contributed by atoms with Crippen molar-refractivity contribution >= 4 is 15.8 Å². The van der Waals surface area contributed by atoms with Crippen molar-refractivity contribution in [1.82, 2.24) is 14.3 Å². The Bertz CT molecular complexity index is 1270. The fraction of sp³-hybridized carbons (Fsp3) is 0.407. The smallest absolute Gasteiger partial charge is 0.259 e. The van der Waals surface area contributed by atoms with E-state index < -0.39 is 10.0 Å². The highest BCUT2D eigenvalue weighted by Gasteiger charge is 2.34. The van der Waals surface area contributed by atoms with E-state index in [1.807, 2.05) is 36.5 Å². The minimum Gasteiger partial charge on any atom is -0.491 e. The summed E-state index contributed by atoms with van der Waals surface area (Å²) in [6.45, 7) is 2.55. The number of hydrogen-bond acceptors (Lipinski definition) is 8. The maximum Gasteiger partial charge on any atom is 0.259 e. The minimum atomic E-state index is -3.60. The molecular formula is C27H32N4O5S. The van der Waals surface area contributed by atoms with Gasteiger partial charge in [-0.15, -0.1) is 0 Å². The van der Waals surface area contributed by atoms with Gasteiger partial charge in [0.05, 0.1) is 25.2 Å². The predicted molar refractivity (Wildman–Crippen MR) is 139 cm³/mol. The van der Waals surface area contributed by atoms with Crippen LogP contribution in [0.2, 0.25) is 0 Å². The van der Waals surface area contributed by atoms with E-state index in [0.717, 1.165) is 24.8 Å². The zero-order valence-corrected chi connectivity index (χ0v) is 21.7. The Labute approximate surface area is 218 Å². The average molecular weight is 525 g/mol. The maximum absolute atomic E-state index is 13.4. The van der Waals surface area contributed by atoms with Crippen LogP contribution in [-0.2, 0) is 21.3 Å². The Balaban J connectivity index is 1.46. The first-order valence-corrected chi connectivity index (χ1v) is 14.0. The molecule has 1 aromatic carbocycles. The monoisotopic (exact) mass is 524 g/mol. The highest BCUT2D eigenvalue weighted by atomic mass is 32.2. The van der Waals surface area contributed by atoms with Crippen LogP contribution >= 0.6 is 0 Å². The topological polar surface area (TPSA) is 94.1 Å². The number of methoxy groups -OCH3 is 1. The van der Waals surface area contributed by atoms with Gasteiger partial charge in [-0.05, 0) is 48.7 Å². The molecule has 0 bridgehead atoms. The number of ether oxygens (including phenoxy) is 3. The Morgan fingerprint density at radius 3 is 2.70 bits per heavy atom. The standard InChI is InChI=1S/C27H32N4O5S/c1-34-25-11-12-26(29-27(25)36-23-13-16-35-20-23)31(18-21-7-5-14-28-17-21)22-8-6-15-30(19-22)37(32,33)24-9-3-2-4-10-24/h2-5,7,9-12,14,17,22-23H,6,8,13,15-16,18-20H2,1H3. The molecule has 10 heteroatoms. The van der Waals surface area contributed by atoms with Gasteiger partial charge in [0, 0.05) is 44.5 Å². The summed E-state index contributed by atoms with van der Waals surface area (Å²) >= 11 is 0. The first-order valence-electron chi connectivity index (χ1n) is 12.5. The van der Waals surface area contributed by atoms with Crippen LogP contribution < -0.4 is 14.4 Å². The zero-order valence-electron chi connectivity index (χ0n) is 20.9. The molecule has 0 amide bonds. The number of benzene rings is 1. The summed E-state index contributed by atoms with van der Waals surface area (Å²) in [5.41, 5.74) is 1.01. The third-order valence-corrected chi connectivity index (χ3v) is 8.63. The van der Waals surface area contributed by atoms with Crippen LogP contribution in [0, 0.1) is 0 Å². The fourth-order valence-corrected chi connectivity index (χ4v) is 6.34. The van der Waals surface area contributed by atoms with Crippen molar-refractivity contribution in [3.05, 3.63) is 72.6 Å². The van der Waals surface area contributed by atoms with Crippen LogP contribution in [0.15, 0.2) is 71.9 Å². The molecule has 2 aromatic heterocycles. The van der Waals surface area contributed by atoms with E-state index in [2.05, 4.69) is 9.88 Å². The zero-order chi connectivity index (χ0) is 25.7. The molecule has 0 N–H and O–H groups in total. The van der Waals surface area contributed by atoms with E-state index in [4.69, 9.17) is 19.2 Å². The van der Waals surface area contributed by atoms with E-state index in [9.17, 15) is 8.42 Å². The molecule has 5 rings (SSSR count). The number of aromatic nitrogens is 2. The van der Waals surface area contributed by atoms with Crippen LogP contribution in [0.4, 0.5) is 5.82 Å². The van der Waals surface area contributed by atoms with Gasteiger partial charge >= 0.3 is 0 Å². The molecule has 0 spiro atoms. The lowest BCUT2D eigenvalue weighted by Gasteiger charge is -2.39. The second-order valence-electron chi connectivity index (χ2n) is 9.24. The molecule has 196 valence electrons. The maximum atomic E-state index is 13.4. The molecule has 2 aliphatic heterocycles. The fourth-order valence-electron chi connectivity index (χ4n) is 4.80. The lowest BCUT2D eigenvalue weighted by atomic mass is 10.0. The molecule has 0 saturated carbocycles. The van der Waals surface area contributed by atoms with Crippen molar-refractivity contribution in [2.75, 3.05) is 38.3 Å². The molecule has 2 unspecified atom stereocenters. The van der Waals surface area contributed by atoms with E-state index in [-0.39, 0.29) is 12.1 Å². The van der Waals surface area contributed by atoms with Gasteiger partial charge in [0.25, 0.3) is 5.88 Å². The van der Waals surface area contributed by atoms with Gasteiger partial charge in [-0.25, -0.2) is 8.42 Å². The summed E-state index contributed by atoms with van der Waals surface area (Å²) in [5, 5.41) is 0. The summed E-state index contributed by atoms with van der Waals surface area (Å²) in [7, 11) is -2.01. The molecule has 0 aliphatic carbocycles.